The van der Waals surface area contributed by atoms with Gasteiger partial charge in [0.15, 0.2) is 0 Å². The van der Waals surface area contributed by atoms with E-state index in [9.17, 15) is 9.59 Å². The Morgan fingerprint density at radius 2 is 0.593 bits per heavy atom. The molecule has 5 nitrogen and oxygen atoms in total. The van der Waals surface area contributed by atoms with Gasteiger partial charge in [-0.1, -0.05) is 245 Å². The minimum Gasteiger partial charge on any atom is -0.481 e. The summed E-state index contributed by atoms with van der Waals surface area (Å²) in [5, 5.41) is 17.1. The van der Waals surface area contributed by atoms with E-state index < -0.39 is 5.97 Å². The molecule has 0 fully saturated rings. The summed E-state index contributed by atoms with van der Waals surface area (Å²) in [5.41, 5.74) is 0. The molecule has 0 spiro atoms. The maximum absolute atomic E-state index is 11.3. The maximum Gasteiger partial charge on any atom is 0.306 e. The zero-order valence-corrected chi connectivity index (χ0v) is 37.7. The number of carboxylic acid groups (broad SMARTS) is 1. The average molecular weight is 769 g/mol. The number of carbonyl (C=O) groups excluding carboxylic acids is 1. The molecule has 0 aromatic carbocycles. The van der Waals surface area contributed by atoms with Gasteiger partial charge in [-0.3, -0.25) is 9.59 Å². The van der Waals surface area contributed by atoms with Crippen molar-refractivity contribution in [3.05, 3.63) is 0 Å². The van der Waals surface area contributed by atoms with Crippen molar-refractivity contribution in [2.45, 2.75) is 298 Å². The summed E-state index contributed by atoms with van der Waals surface area (Å²) in [6, 6.07) is 0. The number of hydrogen-bond donors (Lipinski definition) is 2. The van der Waals surface area contributed by atoms with Crippen LogP contribution < -0.4 is 0 Å². The number of carboxylic acids is 1. The van der Waals surface area contributed by atoms with Crippen LogP contribution in [-0.2, 0) is 14.3 Å². The summed E-state index contributed by atoms with van der Waals surface area (Å²) in [6.07, 6.45) is 51.6. The van der Waals surface area contributed by atoms with Gasteiger partial charge >= 0.3 is 11.9 Å². The summed E-state index contributed by atoms with van der Waals surface area (Å²) < 4.78 is 5.12. The molecule has 0 radical (unpaired) electrons. The number of unbranched alkanes of at least 4 members (excludes halogenated alkanes) is 35. The minimum atomic E-state index is -0.657. The van der Waals surface area contributed by atoms with Crippen molar-refractivity contribution in [2.75, 3.05) is 6.61 Å². The highest BCUT2D eigenvalue weighted by atomic mass is 16.5. The number of aliphatic carboxylic acids is 1. The fourth-order valence-corrected chi connectivity index (χ4v) is 6.86. The number of aliphatic hydroxyl groups excluding tert-OH is 1. The van der Waals surface area contributed by atoms with Gasteiger partial charge in [0.05, 0.1) is 6.10 Å². The van der Waals surface area contributed by atoms with Gasteiger partial charge in [0.2, 0.25) is 0 Å². The first-order valence-corrected chi connectivity index (χ1v) is 24.4. The van der Waals surface area contributed by atoms with Crippen LogP contribution in [0.25, 0.3) is 0 Å². The van der Waals surface area contributed by atoms with Crippen LogP contribution in [0.5, 0.6) is 0 Å². The lowest BCUT2D eigenvalue weighted by molar-refractivity contribution is -0.147. The molecular weight excluding hydrogens is 669 g/mol. The second-order valence-corrected chi connectivity index (χ2v) is 16.5. The Labute approximate surface area is 339 Å². The zero-order chi connectivity index (χ0) is 40.4. The lowest BCUT2D eigenvalue weighted by Gasteiger charge is -2.07. The Kier molecular flexibility index (Phi) is 57.2. The van der Waals surface area contributed by atoms with E-state index in [0.717, 1.165) is 25.7 Å². The molecule has 0 aliphatic rings. The Morgan fingerprint density at radius 3 is 0.815 bits per heavy atom. The molecule has 0 heterocycles. The Morgan fingerprint density at radius 1 is 0.370 bits per heavy atom. The van der Waals surface area contributed by atoms with Crippen LogP contribution >= 0.6 is 0 Å². The topological polar surface area (TPSA) is 83.8 Å². The maximum atomic E-state index is 11.3. The average Bonchev–Trinajstić information content (AvgIpc) is 3.14. The van der Waals surface area contributed by atoms with E-state index >= 15 is 0 Å². The smallest absolute Gasteiger partial charge is 0.306 e. The van der Waals surface area contributed by atoms with Gasteiger partial charge in [-0.25, -0.2) is 0 Å². The van der Waals surface area contributed by atoms with Crippen molar-refractivity contribution in [1.29, 1.82) is 0 Å². The predicted octanol–water partition coefficient (Wildman–Crippen LogP) is 16.7. The summed E-state index contributed by atoms with van der Waals surface area (Å²) in [6.45, 7) is 11.0. The van der Waals surface area contributed by atoms with Crippen molar-refractivity contribution >= 4 is 11.9 Å². The number of aliphatic hydroxyl groups is 1. The predicted molar refractivity (Wildman–Crippen MR) is 238 cm³/mol. The first-order chi connectivity index (χ1) is 26.3. The van der Waals surface area contributed by atoms with Crippen molar-refractivity contribution in [3.63, 3.8) is 0 Å². The Bertz CT molecular complexity index is 665. The third-order valence-corrected chi connectivity index (χ3v) is 10.4. The monoisotopic (exact) mass is 769 g/mol. The van der Waals surface area contributed by atoms with E-state index in [-0.39, 0.29) is 12.1 Å². The van der Waals surface area contributed by atoms with Crippen molar-refractivity contribution in [3.8, 4) is 0 Å². The summed E-state index contributed by atoms with van der Waals surface area (Å²) >= 11 is 0. The molecule has 0 saturated carbocycles. The molecule has 0 aliphatic heterocycles. The van der Waals surface area contributed by atoms with Crippen LogP contribution in [0.2, 0.25) is 0 Å². The number of rotatable bonds is 41. The van der Waals surface area contributed by atoms with E-state index in [1.807, 2.05) is 13.8 Å². The molecule has 0 amide bonds. The molecule has 0 aromatic heterocycles. The molecule has 5 heteroatoms. The highest BCUT2D eigenvalue weighted by molar-refractivity contribution is 5.69. The zero-order valence-electron chi connectivity index (χ0n) is 37.7. The third-order valence-electron chi connectivity index (χ3n) is 10.4. The number of ether oxygens (including phenoxy) is 1. The summed E-state index contributed by atoms with van der Waals surface area (Å²) in [5.74, 6) is -0.691. The van der Waals surface area contributed by atoms with Gasteiger partial charge < -0.3 is 14.9 Å². The van der Waals surface area contributed by atoms with E-state index in [2.05, 4.69) is 20.8 Å². The van der Waals surface area contributed by atoms with E-state index in [0.29, 0.717) is 19.4 Å². The van der Waals surface area contributed by atoms with Crippen LogP contribution in [0.4, 0.5) is 0 Å². The lowest BCUT2D eigenvalue weighted by Crippen LogP contribution is -2.10. The molecule has 0 aromatic rings. The second-order valence-electron chi connectivity index (χ2n) is 16.5. The highest BCUT2D eigenvalue weighted by Crippen LogP contribution is 2.15. The fraction of sp³-hybridized carbons (Fsp3) is 0.959. The second kappa shape index (κ2) is 54.0. The summed E-state index contributed by atoms with van der Waals surface area (Å²) in [4.78, 5) is 21.6. The first-order valence-electron chi connectivity index (χ1n) is 24.4. The van der Waals surface area contributed by atoms with Gasteiger partial charge in [0.1, 0.15) is 0 Å². The standard InChI is InChI=1S/C19H38O2.C16H34O.C14H28O2/c1-4-5-6-7-8-9-10-11-12-13-14-15-16-17-19(20)21-18(2)3;1-2-3-4-5-6-7-8-9-10-11-12-13-14-15-16-17;1-2-3-4-5-6-7-8-9-10-11-12-13-14(15)16/h18H,4-17H2,1-3H3;17H,2-16H2,1H3;2-13H2,1H3,(H,15,16). The largest absolute Gasteiger partial charge is 0.481 e. The lowest BCUT2D eigenvalue weighted by atomic mass is 10.0. The first kappa shape index (κ1) is 57.2. The Hall–Kier alpha value is -1.10. The van der Waals surface area contributed by atoms with Crippen LogP contribution in [0, 0.1) is 0 Å². The normalized spacial score (nSPS) is 10.9. The SMILES string of the molecule is CCCCCCCCCCCCCC(=O)O.CCCCCCCCCCCCCCCC(=O)OC(C)C.CCCCCCCCCCCCCCCCO. The quantitative estimate of drug-likeness (QED) is 0.0478. The molecular formula is C49H100O5. The molecule has 326 valence electrons. The highest BCUT2D eigenvalue weighted by Gasteiger charge is 2.04. The van der Waals surface area contributed by atoms with Crippen LogP contribution in [0.3, 0.4) is 0 Å². The molecule has 54 heavy (non-hydrogen) atoms. The van der Waals surface area contributed by atoms with Gasteiger partial charge in [0.25, 0.3) is 0 Å². The number of esters is 1. The summed E-state index contributed by atoms with van der Waals surface area (Å²) in [7, 11) is 0. The molecule has 0 bridgehead atoms. The minimum absolute atomic E-state index is 0.0273. The van der Waals surface area contributed by atoms with E-state index in [4.69, 9.17) is 14.9 Å². The van der Waals surface area contributed by atoms with Gasteiger partial charge in [0, 0.05) is 19.4 Å². The van der Waals surface area contributed by atoms with E-state index in [1.54, 1.807) is 0 Å². The van der Waals surface area contributed by atoms with Gasteiger partial charge in [-0.2, -0.15) is 0 Å². The van der Waals surface area contributed by atoms with Gasteiger partial charge in [-0.15, -0.1) is 0 Å². The fourth-order valence-electron chi connectivity index (χ4n) is 6.86. The van der Waals surface area contributed by atoms with Crippen molar-refractivity contribution in [1.82, 2.24) is 0 Å². The van der Waals surface area contributed by atoms with Crippen LogP contribution in [-0.4, -0.2) is 34.9 Å². The van der Waals surface area contributed by atoms with Crippen molar-refractivity contribution < 1.29 is 24.5 Å². The molecule has 0 atom stereocenters. The molecule has 0 unspecified atom stereocenters. The Balaban J connectivity index is -0.000000731. The molecule has 0 rings (SSSR count). The number of hydrogen-bond acceptors (Lipinski definition) is 4. The molecule has 0 aliphatic carbocycles. The third kappa shape index (κ3) is 62.9. The van der Waals surface area contributed by atoms with Crippen molar-refractivity contribution in [2.24, 2.45) is 0 Å². The molecule has 0 saturated heterocycles. The molecule has 2 N–H and O–H groups in total. The van der Waals surface area contributed by atoms with Gasteiger partial charge in [-0.05, 0) is 33.1 Å². The van der Waals surface area contributed by atoms with Crippen LogP contribution in [0.15, 0.2) is 0 Å². The van der Waals surface area contributed by atoms with Crippen LogP contribution in [0.1, 0.15) is 291 Å². The number of carbonyl (C=O) groups is 2. The van der Waals surface area contributed by atoms with E-state index in [1.165, 1.54) is 218 Å².